The van der Waals surface area contributed by atoms with Crippen LogP contribution in [-0.2, 0) is 0 Å². The van der Waals surface area contributed by atoms with E-state index in [0.29, 0.717) is 0 Å². The predicted molar refractivity (Wildman–Crippen MR) is 31.9 cm³/mol. The molecule has 1 heterocycles. The van der Waals surface area contributed by atoms with E-state index in [4.69, 9.17) is 0 Å². The average Bonchev–Trinajstić information content (AvgIpc) is 1.82. The fourth-order valence-electron chi connectivity index (χ4n) is 1.01. The molecule has 1 aliphatic heterocycles. The molecule has 66 valence electrons. The van der Waals surface area contributed by atoms with E-state index in [9.17, 15) is 17.6 Å². The molecule has 0 spiro atoms. The third-order valence-electron chi connectivity index (χ3n) is 1.99. The fraction of sp³-hybridized carbons (Fsp3) is 1.00. The monoisotopic (exact) mass is 171 g/mol. The van der Waals surface area contributed by atoms with Crippen molar-refractivity contribution in [2.45, 2.75) is 18.8 Å². The maximum Gasteiger partial charge on any atom is 0.268 e. The molecule has 0 unspecified atom stereocenters. The number of piperidine rings is 1. The van der Waals surface area contributed by atoms with Crippen molar-refractivity contribution >= 4 is 0 Å². The molecule has 0 aromatic heterocycles. The van der Waals surface area contributed by atoms with Crippen molar-refractivity contribution in [2.24, 2.45) is 5.92 Å². The molecule has 5 heteroatoms. The second kappa shape index (κ2) is 2.33. The Hall–Kier alpha value is -0.320. The summed E-state index contributed by atoms with van der Waals surface area (Å²) in [6, 6.07) is 0. The van der Waals surface area contributed by atoms with Gasteiger partial charge in [0.2, 0.25) is 0 Å². The van der Waals surface area contributed by atoms with Crippen LogP contribution in [0, 0.1) is 5.92 Å². The molecule has 1 rings (SSSR count). The van der Waals surface area contributed by atoms with Crippen LogP contribution in [0.5, 0.6) is 0 Å². The molecule has 0 aromatic rings. The van der Waals surface area contributed by atoms with Gasteiger partial charge < -0.3 is 5.32 Å². The van der Waals surface area contributed by atoms with Gasteiger partial charge in [-0.2, -0.15) is 0 Å². The minimum Gasteiger partial charge on any atom is -0.306 e. The molecule has 11 heavy (non-hydrogen) atoms. The van der Waals surface area contributed by atoms with Gasteiger partial charge in [0.15, 0.2) is 0 Å². The van der Waals surface area contributed by atoms with Crippen molar-refractivity contribution in [3.8, 4) is 0 Å². The summed E-state index contributed by atoms with van der Waals surface area (Å²) in [4.78, 5) is 0. The number of halogens is 4. The summed E-state index contributed by atoms with van der Waals surface area (Å²) in [7, 11) is 0. The van der Waals surface area contributed by atoms with Crippen molar-refractivity contribution in [1.29, 1.82) is 0 Å². The van der Waals surface area contributed by atoms with E-state index in [-0.39, 0.29) is 0 Å². The SMILES string of the molecule is CC1C(F)(F)CNCC1(F)F. The Bertz CT molecular complexity index is 141. The molecule has 0 aromatic carbocycles. The Kier molecular flexibility index (Phi) is 1.86. The lowest BCUT2D eigenvalue weighted by atomic mass is 9.92. The average molecular weight is 171 g/mol. The van der Waals surface area contributed by atoms with Gasteiger partial charge in [0, 0.05) is 0 Å². The molecule has 0 bridgehead atoms. The Morgan fingerprint density at radius 2 is 1.45 bits per heavy atom. The molecule has 0 amide bonds. The molecule has 1 aliphatic rings. The van der Waals surface area contributed by atoms with Crippen LogP contribution in [-0.4, -0.2) is 24.9 Å². The third kappa shape index (κ3) is 1.47. The zero-order valence-corrected chi connectivity index (χ0v) is 6.00. The molecule has 0 atom stereocenters. The van der Waals surface area contributed by atoms with Crippen LogP contribution in [0.1, 0.15) is 6.92 Å². The minimum absolute atomic E-state index is 0.649. The second-order valence-corrected chi connectivity index (χ2v) is 2.85. The zero-order valence-electron chi connectivity index (χ0n) is 6.00. The van der Waals surface area contributed by atoms with Gasteiger partial charge in [0.1, 0.15) is 0 Å². The van der Waals surface area contributed by atoms with E-state index in [1.807, 2.05) is 5.32 Å². The minimum atomic E-state index is -3.29. The molecule has 1 nitrogen and oxygen atoms in total. The lowest BCUT2D eigenvalue weighted by Crippen LogP contribution is -2.56. The smallest absolute Gasteiger partial charge is 0.268 e. The van der Waals surface area contributed by atoms with Crippen molar-refractivity contribution in [3.05, 3.63) is 0 Å². The summed E-state index contributed by atoms with van der Waals surface area (Å²) < 4.78 is 50.2. The highest BCUT2D eigenvalue weighted by molar-refractivity contribution is 4.92. The van der Waals surface area contributed by atoms with Crippen molar-refractivity contribution in [1.82, 2.24) is 5.32 Å². The van der Waals surface area contributed by atoms with Crippen molar-refractivity contribution in [3.63, 3.8) is 0 Å². The van der Waals surface area contributed by atoms with Crippen LogP contribution in [0.3, 0.4) is 0 Å². The van der Waals surface area contributed by atoms with Gasteiger partial charge in [-0.25, -0.2) is 17.6 Å². The number of alkyl halides is 4. The normalized spacial score (nSPS) is 30.3. The van der Waals surface area contributed by atoms with E-state index < -0.39 is 30.9 Å². The Morgan fingerprint density at radius 3 is 1.73 bits per heavy atom. The maximum absolute atomic E-state index is 12.6. The van der Waals surface area contributed by atoms with Crippen LogP contribution in [0.15, 0.2) is 0 Å². The summed E-state index contributed by atoms with van der Waals surface area (Å²) in [5.41, 5.74) is 0. The van der Waals surface area contributed by atoms with Gasteiger partial charge in [-0.05, 0) is 0 Å². The summed E-state index contributed by atoms with van der Waals surface area (Å²) >= 11 is 0. The quantitative estimate of drug-likeness (QED) is 0.544. The first-order chi connectivity index (χ1) is 4.86. The number of hydrogen-bond acceptors (Lipinski definition) is 1. The van der Waals surface area contributed by atoms with E-state index in [1.54, 1.807) is 0 Å². The summed E-state index contributed by atoms with van der Waals surface area (Å²) in [5.74, 6) is -8.44. The largest absolute Gasteiger partial charge is 0.306 e. The highest BCUT2D eigenvalue weighted by Crippen LogP contribution is 2.38. The van der Waals surface area contributed by atoms with E-state index in [0.717, 1.165) is 6.92 Å². The first-order valence-corrected chi connectivity index (χ1v) is 3.32. The zero-order chi connectivity index (χ0) is 8.70. The van der Waals surface area contributed by atoms with Gasteiger partial charge in [-0.3, -0.25) is 0 Å². The van der Waals surface area contributed by atoms with Gasteiger partial charge in [0.25, 0.3) is 11.8 Å². The van der Waals surface area contributed by atoms with E-state index >= 15 is 0 Å². The van der Waals surface area contributed by atoms with Crippen LogP contribution in [0.2, 0.25) is 0 Å². The summed E-state index contributed by atoms with van der Waals surface area (Å²) in [6.07, 6.45) is 0. The van der Waals surface area contributed by atoms with Crippen molar-refractivity contribution < 1.29 is 17.6 Å². The van der Waals surface area contributed by atoms with Crippen LogP contribution >= 0.6 is 0 Å². The van der Waals surface area contributed by atoms with Crippen LogP contribution in [0.4, 0.5) is 17.6 Å². The Balaban J connectivity index is 2.76. The summed E-state index contributed by atoms with van der Waals surface area (Å²) in [5, 5.41) is 2.00. The topological polar surface area (TPSA) is 12.0 Å². The van der Waals surface area contributed by atoms with Gasteiger partial charge in [0.05, 0.1) is 19.0 Å². The second-order valence-electron chi connectivity index (χ2n) is 2.85. The van der Waals surface area contributed by atoms with E-state index in [2.05, 4.69) is 0 Å². The third-order valence-corrected chi connectivity index (χ3v) is 1.99. The number of hydrogen-bond donors (Lipinski definition) is 1. The lowest BCUT2D eigenvalue weighted by Gasteiger charge is -2.35. The standard InChI is InChI=1S/C6H9F4N/c1-4-5(7,8)2-11-3-6(4,9)10/h4,11H,2-3H2,1H3. The predicted octanol–water partition coefficient (Wildman–Crippen LogP) is 1.50. The summed E-state index contributed by atoms with van der Waals surface area (Å²) in [6.45, 7) is -0.422. The highest BCUT2D eigenvalue weighted by atomic mass is 19.3. The van der Waals surface area contributed by atoms with Gasteiger partial charge in [-0.1, -0.05) is 6.92 Å². The Morgan fingerprint density at radius 1 is 1.09 bits per heavy atom. The van der Waals surface area contributed by atoms with Gasteiger partial charge in [-0.15, -0.1) is 0 Å². The van der Waals surface area contributed by atoms with Gasteiger partial charge >= 0.3 is 0 Å². The molecular weight excluding hydrogens is 162 g/mol. The van der Waals surface area contributed by atoms with Crippen LogP contribution < -0.4 is 5.32 Å². The Labute approximate surface area is 61.8 Å². The molecule has 1 saturated heterocycles. The highest BCUT2D eigenvalue weighted by Gasteiger charge is 2.54. The fourth-order valence-corrected chi connectivity index (χ4v) is 1.01. The molecule has 0 saturated carbocycles. The van der Waals surface area contributed by atoms with Crippen molar-refractivity contribution in [2.75, 3.05) is 13.1 Å². The lowest BCUT2D eigenvalue weighted by molar-refractivity contribution is -0.183. The first-order valence-electron chi connectivity index (χ1n) is 3.32. The maximum atomic E-state index is 12.6. The molecule has 1 N–H and O–H groups in total. The molecule has 0 aliphatic carbocycles. The first kappa shape index (κ1) is 8.77. The number of nitrogens with one attached hydrogen (secondary N) is 1. The molecule has 0 radical (unpaired) electrons. The molecule has 1 fully saturated rings. The van der Waals surface area contributed by atoms with E-state index in [1.165, 1.54) is 0 Å². The van der Waals surface area contributed by atoms with Crippen LogP contribution in [0.25, 0.3) is 0 Å². The number of rotatable bonds is 0. The molecular formula is C6H9F4N.